The normalized spacial score (nSPS) is 15.4. The second kappa shape index (κ2) is 8.67. The number of aromatic nitrogens is 1. The Bertz CT molecular complexity index is 745. The number of carbonyl (C=O) groups is 1. The minimum Gasteiger partial charge on any atom is -0.497 e. The van der Waals surface area contributed by atoms with Gasteiger partial charge in [-0.15, -0.1) is 0 Å². The standard InChI is InChI=1S/C20H25N3O3/c1-26-16-8-5-7-15(13-16)18(24)14-22-19-17(9-6-10-21-19)20(25)23-11-3-2-4-12-23/h5-10,13,18,24H,2-4,11-12,14H2,1H3,(H,21,22). The van der Waals surface area contributed by atoms with E-state index in [9.17, 15) is 9.90 Å². The topological polar surface area (TPSA) is 74.7 Å². The molecule has 1 aromatic carbocycles. The minimum atomic E-state index is -0.731. The molecule has 138 valence electrons. The van der Waals surface area contributed by atoms with E-state index in [-0.39, 0.29) is 12.5 Å². The van der Waals surface area contributed by atoms with Crippen LogP contribution >= 0.6 is 0 Å². The highest BCUT2D eigenvalue weighted by Crippen LogP contribution is 2.21. The number of methoxy groups -OCH3 is 1. The van der Waals surface area contributed by atoms with E-state index >= 15 is 0 Å². The molecule has 1 amide bonds. The van der Waals surface area contributed by atoms with E-state index in [1.807, 2.05) is 23.1 Å². The molecule has 1 aliphatic heterocycles. The van der Waals surface area contributed by atoms with E-state index in [1.54, 1.807) is 31.5 Å². The summed E-state index contributed by atoms with van der Waals surface area (Å²) in [6, 6.07) is 10.9. The molecule has 1 atom stereocenters. The average Bonchev–Trinajstić information content (AvgIpc) is 2.72. The van der Waals surface area contributed by atoms with Gasteiger partial charge < -0.3 is 20.1 Å². The zero-order valence-electron chi connectivity index (χ0n) is 15.0. The monoisotopic (exact) mass is 355 g/mol. The second-order valence-corrected chi connectivity index (χ2v) is 6.43. The molecule has 1 unspecified atom stereocenters. The highest BCUT2D eigenvalue weighted by molar-refractivity contribution is 5.98. The highest BCUT2D eigenvalue weighted by atomic mass is 16.5. The van der Waals surface area contributed by atoms with Crippen molar-refractivity contribution in [3.63, 3.8) is 0 Å². The van der Waals surface area contributed by atoms with Crippen LogP contribution in [0.15, 0.2) is 42.6 Å². The van der Waals surface area contributed by atoms with Gasteiger partial charge in [-0.2, -0.15) is 0 Å². The number of carbonyl (C=O) groups excluding carboxylic acids is 1. The predicted molar refractivity (Wildman–Crippen MR) is 100 cm³/mol. The fraction of sp³-hybridized carbons (Fsp3) is 0.400. The van der Waals surface area contributed by atoms with E-state index in [1.165, 1.54) is 6.42 Å². The number of hydrogen-bond acceptors (Lipinski definition) is 5. The molecule has 2 heterocycles. The lowest BCUT2D eigenvalue weighted by Crippen LogP contribution is -2.36. The number of piperidine rings is 1. The van der Waals surface area contributed by atoms with Gasteiger partial charge in [0, 0.05) is 25.8 Å². The number of nitrogens with one attached hydrogen (secondary N) is 1. The van der Waals surface area contributed by atoms with Crippen LogP contribution in [0, 0.1) is 0 Å². The summed E-state index contributed by atoms with van der Waals surface area (Å²) in [5, 5.41) is 13.6. The number of likely N-dealkylation sites (tertiary alicyclic amines) is 1. The number of rotatable bonds is 6. The van der Waals surface area contributed by atoms with Crippen molar-refractivity contribution in [2.24, 2.45) is 0 Å². The van der Waals surface area contributed by atoms with E-state index in [0.29, 0.717) is 17.1 Å². The fourth-order valence-electron chi connectivity index (χ4n) is 3.15. The number of pyridine rings is 1. The lowest BCUT2D eigenvalue weighted by molar-refractivity contribution is 0.0724. The van der Waals surface area contributed by atoms with Gasteiger partial charge in [-0.3, -0.25) is 4.79 Å². The first-order valence-corrected chi connectivity index (χ1v) is 8.99. The average molecular weight is 355 g/mol. The molecule has 0 saturated carbocycles. The van der Waals surface area contributed by atoms with Gasteiger partial charge in [0.15, 0.2) is 0 Å². The zero-order valence-corrected chi connectivity index (χ0v) is 15.0. The molecule has 1 saturated heterocycles. The Balaban J connectivity index is 1.69. The molecule has 6 nitrogen and oxygen atoms in total. The smallest absolute Gasteiger partial charge is 0.257 e. The number of aliphatic hydroxyl groups excluding tert-OH is 1. The lowest BCUT2D eigenvalue weighted by atomic mass is 10.1. The van der Waals surface area contributed by atoms with Crippen LogP contribution in [0.2, 0.25) is 0 Å². The zero-order chi connectivity index (χ0) is 18.4. The van der Waals surface area contributed by atoms with Crippen LogP contribution in [0.5, 0.6) is 5.75 Å². The van der Waals surface area contributed by atoms with Crippen molar-refractivity contribution in [1.29, 1.82) is 0 Å². The van der Waals surface area contributed by atoms with Gasteiger partial charge >= 0.3 is 0 Å². The summed E-state index contributed by atoms with van der Waals surface area (Å²) in [6.07, 6.45) is 4.18. The molecule has 1 aliphatic rings. The van der Waals surface area contributed by atoms with Crippen LogP contribution in [-0.2, 0) is 0 Å². The van der Waals surface area contributed by atoms with Gasteiger partial charge in [-0.25, -0.2) is 4.98 Å². The number of nitrogens with zero attached hydrogens (tertiary/aromatic N) is 2. The van der Waals surface area contributed by atoms with E-state index < -0.39 is 6.10 Å². The summed E-state index contributed by atoms with van der Waals surface area (Å²) < 4.78 is 5.19. The molecular weight excluding hydrogens is 330 g/mol. The minimum absolute atomic E-state index is 0.00355. The van der Waals surface area contributed by atoms with Gasteiger partial charge in [0.05, 0.1) is 18.8 Å². The quantitative estimate of drug-likeness (QED) is 0.833. The van der Waals surface area contributed by atoms with Gasteiger partial charge in [0.2, 0.25) is 0 Å². The third-order valence-electron chi connectivity index (χ3n) is 4.62. The van der Waals surface area contributed by atoms with Crippen LogP contribution in [0.4, 0.5) is 5.82 Å². The number of aliphatic hydroxyl groups is 1. The Morgan fingerprint density at radius 2 is 2.08 bits per heavy atom. The van der Waals surface area contributed by atoms with E-state index in [4.69, 9.17) is 4.74 Å². The Hall–Kier alpha value is -2.60. The molecular formula is C20H25N3O3. The third kappa shape index (κ3) is 4.32. The fourth-order valence-corrected chi connectivity index (χ4v) is 3.15. The molecule has 0 radical (unpaired) electrons. The lowest BCUT2D eigenvalue weighted by Gasteiger charge is -2.27. The van der Waals surface area contributed by atoms with Crippen molar-refractivity contribution in [3.8, 4) is 5.75 Å². The van der Waals surface area contributed by atoms with Crippen molar-refractivity contribution in [3.05, 3.63) is 53.7 Å². The molecule has 1 fully saturated rings. The molecule has 1 aromatic heterocycles. The summed E-state index contributed by atoms with van der Waals surface area (Å²) in [4.78, 5) is 19.0. The maximum atomic E-state index is 12.8. The summed E-state index contributed by atoms with van der Waals surface area (Å²) >= 11 is 0. The molecule has 0 spiro atoms. The van der Waals surface area contributed by atoms with E-state index in [0.717, 1.165) is 31.5 Å². The number of ether oxygens (including phenoxy) is 1. The molecule has 6 heteroatoms. The maximum Gasteiger partial charge on any atom is 0.257 e. The Labute approximate surface area is 153 Å². The first-order chi connectivity index (χ1) is 12.7. The summed E-state index contributed by atoms with van der Waals surface area (Å²) in [7, 11) is 1.59. The van der Waals surface area contributed by atoms with Crippen molar-refractivity contribution < 1.29 is 14.6 Å². The van der Waals surface area contributed by atoms with Crippen molar-refractivity contribution in [2.45, 2.75) is 25.4 Å². The Morgan fingerprint density at radius 3 is 2.85 bits per heavy atom. The molecule has 3 rings (SSSR count). The van der Waals surface area contributed by atoms with Crippen molar-refractivity contribution >= 4 is 11.7 Å². The summed E-state index contributed by atoms with van der Waals surface area (Å²) in [6.45, 7) is 1.84. The SMILES string of the molecule is COc1cccc(C(O)CNc2ncccc2C(=O)N2CCCCC2)c1. The van der Waals surface area contributed by atoms with Crippen molar-refractivity contribution in [1.82, 2.24) is 9.88 Å². The van der Waals surface area contributed by atoms with Crippen LogP contribution in [0.3, 0.4) is 0 Å². The van der Waals surface area contributed by atoms with Crippen LogP contribution in [0.25, 0.3) is 0 Å². The molecule has 0 bridgehead atoms. The van der Waals surface area contributed by atoms with Crippen LogP contribution in [-0.4, -0.2) is 47.6 Å². The number of hydrogen-bond donors (Lipinski definition) is 2. The van der Waals surface area contributed by atoms with Gasteiger partial charge in [0.1, 0.15) is 11.6 Å². The highest BCUT2D eigenvalue weighted by Gasteiger charge is 2.21. The summed E-state index contributed by atoms with van der Waals surface area (Å²) in [5.74, 6) is 1.20. The molecule has 2 aromatic rings. The van der Waals surface area contributed by atoms with Crippen LogP contribution < -0.4 is 10.1 Å². The maximum absolute atomic E-state index is 12.8. The number of benzene rings is 1. The molecule has 2 N–H and O–H groups in total. The van der Waals surface area contributed by atoms with E-state index in [2.05, 4.69) is 10.3 Å². The van der Waals surface area contributed by atoms with Gasteiger partial charge in [0.25, 0.3) is 5.91 Å². The van der Waals surface area contributed by atoms with Gasteiger partial charge in [-0.1, -0.05) is 12.1 Å². The molecule has 26 heavy (non-hydrogen) atoms. The first-order valence-electron chi connectivity index (χ1n) is 8.99. The van der Waals surface area contributed by atoms with Crippen LogP contribution in [0.1, 0.15) is 41.3 Å². The largest absolute Gasteiger partial charge is 0.497 e. The summed E-state index contributed by atoms with van der Waals surface area (Å²) in [5.41, 5.74) is 1.30. The Morgan fingerprint density at radius 1 is 1.27 bits per heavy atom. The second-order valence-electron chi connectivity index (χ2n) is 6.43. The predicted octanol–water partition coefficient (Wildman–Crippen LogP) is 2.86. The first kappa shape index (κ1) is 18.2. The van der Waals surface area contributed by atoms with Crippen molar-refractivity contribution in [2.75, 3.05) is 32.1 Å². The van der Waals surface area contributed by atoms with Gasteiger partial charge in [-0.05, 0) is 49.1 Å². The number of amides is 1. The molecule has 0 aliphatic carbocycles. The third-order valence-corrected chi connectivity index (χ3v) is 4.62. The number of anilines is 1. The Kier molecular flexibility index (Phi) is 6.07.